The van der Waals surface area contributed by atoms with Crippen molar-refractivity contribution in [2.75, 3.05) is 39.3 Å². The maximum atomic E-state index is 12.1. The molecule has 0 radical (unpaired) electrons. The maximum absolute atomic E-state index is 12.1. The largest absolute Gasteiger partial charge is 0.482 e. The van der Waals surface area contributed by atoms with Crippen LogP contribution in [-0.4, -0.2) is 71.2 Å². The van der Waals surface area contributed by atoms with Crippen molar-refractivity contribution in [2.45, 2.75) is 19.4 Å². The van der Waals surface area contributed by atoms with Crippen LogP contribution in [-0.2, 0) is 4.79 Å². The zero-order valence-electron chi connectivity index (χ0n) is 12.4. The van der Waals surface area contributed by atoms with E-state index in [4.69, 9.17) is 4.74 Å². The topological polar surface area (TPSA) is 65.9 Å². The SMILES string of the molecule is CCC(O)CN1CCN(C(=O)COc2cccnc2)CC1. The van der Waals surface area contributed by atoms with Crippen LogP contribution in [0.5, 0.6) is 5.75 Å². The number of carbonyl (C=O) groups excluding carboxylic acids is 1. The molecule has 0 aliphatic carbocycles. The first-order valence-electron chi connectivity index (χ1n) is 7.40. The molecule has 0 bridgehead atoms. The second kappa shape index (κ2) is 7.95. The van der Waals surface area contributed by atoms with Gasteiger partial charge in [-0.3, -0.25) is 14.7 Å². The predicted octanol–water partition coefficient (Wildman–Crippen LogP) is 0.375. The molecule has 0 spiro atoms. The minimum atomic E-state index is -0.277. The summed E-state index contributed by atoms with van der Waals surface area (Å²) < 4.78 is 5.42. The number of aliphatic hydroxyl groups is 1. The molecule has 6 heteroatoms. The summed E-state index contributed by atoms with van der Waals surface area (Å²) in [7, 11) is 0. The number of hydrogen-bond acceptors (Lipinski definition) is 5. The third-order valence-electron chi connectivity index (χ3n) is 3.66. The van der Waals surface area contributed by atoms with Crippen LogP contribution in [0.15, 0.2) is 24.5 Å². The smallest absolute Gasteiger partial charge is 0.260 e. The number of piperazine rings is 1. The van der Waals surface area contributed by atoms with Gasteiger partial charge in [-0.25, -0.2) is 0 Å². The Labute approximate surface area is 125 Å². The second-order valence-corrected chi connectivity index (χ2v) is 5.22. The first kappa shape index (κ1) is 15.7. The molecule has 1 aliphatic rings. The summed E-state index contributed by atoms with van der Waals surface area (Å²) >= 11 is 0. The molecule has 0 saturated carbocycles. The van der Waals surface area contributed by atoms with Gasteiger partial charge in [0.2, 0.25) is 0 Å². The van der Waals surface area contributed by atoms with Crippen molar-refractivity contribution in [1.82, 2.24) is 14.8 Å². The minimum absolute atomic E-state index is 0.00505. The van der Waals surface area contributed by atoms with Crippen LogP contribution in [0, 0.1) is 0 Å². The van der Waals surface area contributed by atoms with Gasteiger partial charge in [0.25, 0.3) is 5.91 Å². The Balaban J connectivity index is 1.70. The summed E-state index contributed by atoms with van der Waals surface area (Å²) in [4.78, 5) is 20.0. The van der Waals surface area contributed by atoms with Crippen LogP contribution >= 0.6 is 0 Å². The van der Waals surface area contributed by atoms with Gasteiger partial charge in [0.15, 0.2) is 6.61 Å². The van der Waals surface area contributed by atoms with Crippen molar-refractivity contribution in [3.8, 4) is 5.75 Å². The molecule has 2 rings (SSSR count). The number of ether oxygens (including phenoxy) is 1. The molecule has 21 heavy (non-hydrogen) atoms. The molecule has 2 heterocycles. The van der Waals surface area contributed by atoms with E-state index < -0.39 is 0 Å². The summed E-state index contributed by atoms with van der Waals surface area (Å²) in [6.07, 6.45) is 3.75. The fraction of sp³-hybridized carbons (Fsp3) is 0.600. The van der Waals surface area contributed by atoms with Gasteiger partial charge in [-0.05, 0) is 18.6 Å². The molecule has 1 saturated heterocycles. The van der Waals surface area contributed by atoms with E-state index in [1.807, 2.05) is 11.8 Å². The third-order valence-corrected chi connectivity index (χ3v) is 3.66. The van der Waals surface area contributed by atoms with Gasteiger partial charge < -0.3 is 14.7 Å². The summed E-state index contributed by atoms with van der Waals surface area (Å²) in [5.74, 6) is 0.602. The Bertz CT molecular complexity index is 433. The lowest BCUT2D eigenvalue weighted by Crippen LogP contribution is -2.51. The Hall–Kier alpha value is -1.66. The Morgan fingerprint density at radius 3 is 2.81 bits per heavy atom. The highest BCUT2D eigenvalue weighted by atomic mass is 16.5. The highest BCUT2D eigenvalue weighted by Crippen LogP contribution is 2.08. The van der Waals surface area contributed by atoms with Crippen LogP contribution < -0.4 is 4.74 Å². The van der Waals surface area contributed by atoms with Crippen molar-refractivity contribution in [3.05, 3.63) is 24.5 Å². The van der Waals surface area contributed by atoms with Crippen molar-refractivity contribution < 1.29 is 14.6 Å². The zero-order chi connectivity index (χ0) is 15.1. The van der Waals surface area contributed by atoms with E-state index in [1.54, 1.807) is 24.5 Å². The van der Waals surface area contributed by atoms with Crippen LogP contribution in [0.4, 0.5) is 0 Å². The van der Waals surface area contributed by atoms with Crippen LogP contribution in [0.25, 0.3) is 0 Å². The highest BCUT2D eigenvalue weighted by Gasteiger charge is 2.22. The Morgan fingerprint density at radius 2 is 2.19 bits per heavy atom. The fourth-order valence-corrected chi connectivity index (χ4v) is 2.28. The molecule has 1 amide bonds. The first-order valence-corrected chi connectivity index (χ1v) is 7.40. The zero-order valence-corrected chi connectivity index (χ0v) is 12.4. The van der Waals surface area contributed by atoms with Crippen molar-refractivity contribution in [3.63, 3.8) is 0 Å². The molecular weight excluding hydrogens is 270 g/mol. The highest BCUT2D eigenvalue weighted by molar-refractivity contribution is 5.77. The van der Waals surface area contributed by atoms with Gasteiger partial charge in [0, 0.05) is 38.9 Å². The molecule has 6 nitrogen and oxygen atoms in total. The summed E-state index contributed by atoms with van der Waals surface area (Å²) in [5, 5.41) is 9.65. The monoisotopic (exact) mass is 293 g/mol. The van der Waals surface area contributed by atoms with Crippen molar-refractivity contribution in [2.24, 2.45) is 0 Å². The fourth-order valence-electron chi connectivity index (χ4n) is 2.28. The lowest BCUT2D eigenvalue weighted by atomic mass is 10.2. The minimum Gasteiger partial charge on any atom is -0.482 e. The number of β-amino-alcohol motifs (C(OH)–C–C–N with tert-alkyl or cyclic N) is 1. The molecule has 1 N–H and O–H groups in total. The first-order chi connectivity index (χ1) is 10.2. The third kappa shape index (κ3) is 4.99. The van der Waals surface area contributed by atoms with Crippen LogP contribution in [0.3, 0.4) is 0 Å². The van der Waals surface area contributed by atoms with E-state index in [2.05, 4.69) is 9.88 Å². The van der Waals surface area contributed by atoms with Crippen molar-refractivity contribution >= 4 is 5.91 Å². The van der Waals surface area contributed by atoms with Gasteiger partial charge in [-0.15, -0.1) is 0 Å². The number of pyridine rings is 1. The lowest BCUT2D eigenvalue weighted by molar-refractivity contribution is -0.135. The number of rotatable bonds is 6. The van der Waals surface area contributed by atoms with Gasteiger partial charge in [0.1, 0.15) is 5.75 Å². The van der Waals surface area contributed by atoms with E-state index in [0.29, 0.717) is 25.4 Å². The number of nitrogens with zero attached hydrogens (tertiary/aromatic N) is 3. The molecular formula is C15H23N3O3. The maximum Gasteiger partial charge on any atom is 0.260 e. The lowest BCUT2D eigenvalue weighted by Gasteiger charge is -2.35. The molecule has 116 valence electrons. The summed E-state index contributed by atoms with van der Waals surface area (Å²) in [5.41, 5.74) is 0. The molecule has 1 atom stereocenters. The average molecular weight is 293 g/mol. The van der Waals surface area contributed by atoms with Gasteiger partial charge in [-0.2, -0.15) is 0 Å². The Kier molecular flexibility index (Phi) is 5.95. The number of aromatic nitrogens is 1. The average Bonchev–Trinajstić information content (AvgIpc) is 2.54. The van der Waals surface area contributed by atoms with E-state index >= 15 is 0 Å². The molecule has 1 aromatic heterocycles. The normalized spacial score (nSPS) is 17.5. The quantitative estimate of drug-likeness (QED) is 0.821. The molecule has 1 fully saturated rings. The number of amides is 1. The van der Waals surface area contributed by atoms with E-state index in [0.717, 1.165) is 19.5 Å². The van der Waals surface area contributed by atoms with E-state index in [9.17, 15) is 9.90 Å². The molecule has 1 aliphatic heterocycles. The Morgan fingerprint density at radius 1 is 1.43 bits per heavy atom. The van der Waals surface area contributed by atoms with Gasteiger partial charge in [-0.1, -0.05) is 6.92 Å². The van der Waals surface area contributed by atoms with Crippen molar-refractivity contribution in [1.29, 1.82) is 0 Å². The van der Waals surface area contributed by atoms with Crippen LogP contribution in [0.1, 0.15) is 13.3 Å². The molecule has 1 aromatic rings. The van der Waals surface area contributed by atoms with E-state index in [-0.39, 0.29) is 18.6 Å². The number of hydrogen-bond donors (Lipinski definition) is 1. The van der Waals surface area contributed by atoms with Crippen LogP contribution in [0.2, 0.25) is 0 Å². The number of carbonyl (C=O) groups is 1. The number of aliphatic hydroxyl groups excluding tert-OH is 1. The molecule has 1 unspecified atom stereocenters. The second-order valence-electron chi connectivity index (χ2n) is 5.22. The van der Waals surface area contributed by atoms with E-state index in [1.165, 1.54) is 0 Å². The summed E-state index contributed by atoms with van der Waals surface area (Å²) in [6, 6.07) is 3.56. The van der Waals surface area contributed by atoms with Gasteiger partial charge in [0.05, 0.1) is 12.3 Å². The van der Waals surface area contributed by atoms with Gasteiger partial charge >= 0.3 is 0 Å². The standard InChI is InChI=1S/C15H23N3O3/c1-2-13(19)11-17-6-8-18(9-7-17)15(20)12-21-14-4-3-5-16-10-14/h3-5,10,13,19H,2,6-9,11-12H2,1H3. The summed E-state index contributed by atoms with van der Waals surface area (Å²) in [6.45, 7) is 5.68. The molecule has 0 aromatic carbocycles. The predicted molar refractivity (Wildman–Crippen MR) is 79.0 cm³/mol.